The third-order valence-electron chi connectivity index (χ3n) is 2.90. The normalized spacial score (nSPS) is 10.8. The molecule has 108 valence electrons. The van der Waals surface area contributed by atoms with Gasteiger partial charge in [0, 0.05) is 19.2 Å². The van der Waals surface area contributed by atoms with E-state index >= 15 is 0 Å². The molecule has 0 aliphatic rings. The Morgan fingerprint density at radius 3 is 2.58 bits per heavy atom. The fraction of sp³-hybridized carbons (Fsp3) is 0.714. The number of anilines is 1. The maximum absolute atomic E-state index is 5.54. The van der Waals surface area contributed by atoms with Crippen molar-refractivity contribution in [3.8, 4) is 5.88 Å². The first-order valence-electron chi connectivity index (χ1n) is 7.14. The Balaban J connectivity index is 2.50. The fourth-order valence-corrected chi connectivity index (χ4v) is 1.79. The van der Waals surface area contributed by atoms with Crippen molar-refractivity contribution in [2.24, 2.45) is 0 Å². The van der Waals surface area contributed by atoms with Crippen molar-refractivity contribution in [3.05, 3.63) is 11.9 Å². The summed E-state index contributed by atoms with van der Waals surface area (Å²) in [5.74, 6) is 2.23. The molecule has 0 fully saturated rings. The van der Waals surface area contributed by atoms with E-state index < -0.39 is 0 Å². The highest BCUT2D eigenvalue weighted by molar-refractivity contribution is 5.38. The Morgan fingerprint density at radius 2 is 1.95 bits per heavy atom. The third kappa shape index (κ3) is 5.87. The van der Waals surface area contributed by atoms with Crippen molar-refractivity contribution < 1.29 is 4.74 Å². The van der Waals surface area contributed by atoms with E-state index in [0.717, 1.165) is 44.2 Å². The summed E-state index contributed by atoms with van der Waals surface area (Å²) < 4.78 is 5.54. The van der Waals surface area contributed by atoms with Crippen molar-refractivity contribution >= 4 is 5.82 Å². The van der Waals surface area contributed by atoms with Gasteiger partial charge >= 0.3 is 0 Å². The van der Waals surface area contributed by atoms with E-state index in [9.17, 15) is 0 Å². The van der Waals surface area contributed by atoms with E-state index in [-0.39, 0.29) is 0 Å². The molecule has 19 heavy (non-hydrogen) atoms. The van der Waals surface area contributed by atoms with Gasteiger partial charge in [-0.3, -0.25) is 0 Å². The maximum Gasteiger partial charge on any atom is 0.218 e. The molecule has 1 rings (SSSR count). The Morgan fingerprint density at radius 1 is 1.21 bits per heavy atom. The smallest absolute Gasteiger partial charge is 0.218 e. The molecule has 1 aromatic heterocycles. The molecule has 0 radical (unpaired) electrons. The van der Waals surface area contributed by atoms with E-state index in [2.05, 4.69) is 41.0 Å². The number of hydrogen-bond donors (Lipinski definition) is 1. The Labute approximate surface area is 116 Å². The molecular weight excluding hydrogens is 240 g/mol. The second-order valence-electron chi connectivity index (χ2n) is 4.44. The zero-order valence-corrected chi connectivity index (χ0v) is 12.6. The van der Waals surface area contributed by atoms with E-state index in [1.165, 1.54) is 0 Å². The van der Waals surface area contributed by atoms with Gasteiger partial charge in [0.05, 0.1) is 6.61 Å². The Kier molecular flexibility index (Phi) is 7.18. The van der Waals surface area contributed by atoms with Gasteiger partial charge in [-0.2, -0.15) is 4.98 Å². The molecule has 0 aromatic carbocycles. The van der Waals surface area contributed by atoms with E-state index in [0.29, 0.717) is 12.5 Å². The van der Waals surface area contributed by atoms with Crippen LogP contribution in [0.5, 0.6) is 5.88 Å². The highest BCUT2D eigenvalue weighted by Crippen LogP contribution is 2.13. The minimum absolute atomic E-state index is 0.652. The fourth-order valence-electron chi connectivity index (χ4n) is 1.79. The summed E-state index contributed by atoms with van der Waals surface area (Å²) in [6.45, 7) is 13.1. The molecular formula is C14H26N4O. The number of nitrogens with zero attached hydrogens (tertiary/aromatic N) is 3. The van der Waals surface area contributed by atoms with Crippen LogP contribution in [0, 0.1) is 6.92 Å². The zero-order chi connectivity index (χ0) is 14.1. The van der Waals surface area contributed by atoms with Crippen LogP contribution in [0.15, 0.2) is 6.07 Å². The quantitative estimate of drug-likeness (QED) is 0.743. The predicted molar refractivity (Wildman–Crippen MR) is 78.8 cm³/mol. The number of aromatic nitrogens is 2. The lowest BCUT2D eigenvalue weighted by Crippen LogP contribution is -2.28. The van der Waals surface area contributed by atoms with Gasteiger partial charge < -0.3 is 15.0 Å². The average molecular weight is 266 g/mol. The summed E-state index contributed by atoms with van der Waals surface area (Å²) in [5, 5.41) is 3.33. The molecule has 0 aliphatic carbocycles. The van der Waals surface area contributed by atoms with Crippen LogP contribution >= 0.6 is 0 Å². The van der Waals surface area contributed by atoms with Crippen LogP contribution in [0.3, 0.4) is 0 Å². The SMILES string of the molecule is CCCOc1cc(NCCN(CC)CC)nc(C)n1. The highest BCUT2D eigenvalue weighted by Gasteiger charge is 2.03. The molecule has 1 aromatic rings. The van der Waals surface area contributed by atoms with Crippen molar-refractivity contribution in [1.29, 1.82) is 0 Å². The third-order valence-corrected chi connectivity index (χ3v) is 2.90. The molecule has 0 bridgehead atoms. The number of rotatable bonds is 9. The number of hydrogen-bond acceptors (Lipinski definition) is 5. The summed E-state index contributed by atoms with van der Waals surface area (Å²) in [5.41, 5.74) is 0. The average Bonchev–Trinajstić information content (AvgIpc) is 2.41. The van der Waals surface area contributed by atoms with Crippen molar-refractivity contribution in [3.63, 3.8) is 0 Å². The molecule has 0 unspecified atom stereocenters. The molecule has 5 nitrogen and oxygen atoms in total. The monoisotopic (exact) mass is 266 g/mol. The number of likely N-dealkylation sites (N-methyl/N-ethyl adjacent to an activating group) is 1. The van der Waals surface area contributed by atoms with Crippen molar-refractivity contribution in [2.75, 3.05) is 38.1 Å². The van der Waals surface area contributed by atoms with Crippen molar-refractivity contribution in [2.45, 2.75) is 34.1 Å². The summed E-state index contributed by atoms with van der Waals surface area (Å²) in [4.78, 5) is 11.0. The highest BCUT2D eigenvalue weighted by atomic mass is 16.5. The Hall–Kier alpha value is -1.36. The largest absolute Gasteiger partial charge is 0.478 e. The molecule has 0 aliphatic heterocycles. The molecule has 1 N–H and O–H groups in total. The first kappa shape index (κ1) is 15.7. The molecule has 0 spiro atoms. The van der Waals surface area contributed by atoms with E-state index in [1.807, 2.05) is 13.0 Å². The van der Waals surface area contributed by atoms with E-state index in [4.69, 9.17) is 4.74 Å². The molecule has 0 saturated heterocycles. The maximum atomic E-state index is 5.54. The molecule has 0 atom stereocenters. The summed E-state index contributed by atoms with van der Waals surface area (Å²) in [6, 6.07) is 1.87. The second kappa shape index (κ2) is 8.69. The molecule has 5 heteroatoms. The van der Waals surface area contributed by atoms with Gasteiger partial charge in [0.15, 0.2) is 0 Å². The van der Waals surface area contributed by atoms with Gasteiger partial charge in [0.2, 0.25) is 5.88 Å². The standard InChI is InChI=1S/C14H26N4O/c1-5-10-19-14-11-13(16-12(4)17-14)15-8-9-18(6-2)7-3/h11H,5-10H2,1-4H3,(H,15,16,17). The van der Waals surface area contributed by atoms with Gasteiger partial charge in [-0.05, 0) is 26.4 Å². The van der Waals surface area contributed by atoms with Gasteiger partial charge in [0.25, 0.3) is 0 Å². The van der Waals surface area contributed by atoms with Crippen molar-refractivity contribution in [1.82, 2.24) is 14.9 Å². The van der Waals surface area contributed by atoms with Crippen LogP contribution in [0.1, 0.15) is 33.0 Å². The van der Waals surface area contributed by atoms with Gasteiger partial charge in [-0.25, -0.2) is 4.98 Å². The Bertz CT molecular complexity index is 366. The molecule has 1 heterocycles. The number of ether oxygens (including phenoxy) is 1. The van der Waals surface area contributed by atoms with Crippen LogP contribution < -0.4 is 10.1 Å². The summed E-state index contributed by atoms with van der Waals surface area (Å²) in [6.07, 6.45) is 0.980. The summed E-state index contributed by atoms with van der Waals surface area (Å²) in [7, 11) is 0. The second-order valence-corrected chi connectivity index (χ2v) is 4.44. The van der Waals surface area contributed by atoms with E-state index in [1.54, 1.807) is 0 Å². The number of aryl methyl sites for hydroxylation is 1. The molecule has 0 saturated carbocycles. The molecule has 0 amide bonds. The van der Waals surface area contributed by atoms with Crippen LogP contribution in [-0.2, 0) is 0 Å². The number of nitrogens with one attached hydrogen (secondary N) is 1. The lowest BCUT2D eigenvalue weighted by atomic mass is 10.4. The minimum Gasteiger partial charge on any atom is -0.478 e. The lowest BCUT2D eigenvalue weighted by molar-refractivity contribution is 0.304. The summed E-state index contributed by atoms with van der Waals surface area (Å²) >= 11 is 0. The topological polar surface area (TPSA) is 50.3 Å². The first-order valence-corrected chi connectivity index (χ1v) is 7.14. The van der Waals surface area contributed by atoms with Gasteiger partial charge in [-0.1, -0.05) is 20.8 Å². The van der Waals surface area contributed by atoms with Gasteiger partial charge in [0.1, 0.15) is 11.6 Å². The van der Waals surface area contributed by atoms with Crippen LogP contribution in [-0.4, -0.2) is 47.7 Å². The van der Waals surface area contributed by atoms with Gasteiger partial charge in [-0.15, -0.1) is 0 Å². The van der Waals surface area contributed by atoms with Crippen LogP contribution in [0.25, 0.3) is 0 Å². The zero-order valence-electron chi connectivity index (χ0n) is 12.6. The first-order chi connectivity index (χ1) is 9.19. The lowest BCUT2D eigenvalue weighted by Gasteiger charge is -2.18. The van der Waals surface area contributed by atoms with Crippen LogP contribution in [0.4, 0.5) is 5.82 Å². The minimum atomic E-state index is 0.652. The van der Waals surface area contributed by atoms with Crippen LogP contribution in [0.2, 0.25) is 0 Å². The predicted octanol–water partition coefficient (Wildman–Crippen LogP) is 2.33.